The van der Waals surface area contributed by atoms with Crippen LogP contribution in [0.25, 0.3) is 0 Å². The zero-order valence-corrected chi connectivity index (χ0v) is 26.0. The van der Waals surface area contributed by atoms with E-state index < -0.39 is 11.9 Å². The number of aliphatic carboxylic acids is 1. The van der Waals surface area contributed by atoms with Gasteiger partial charge in [-0.1, -0.05) is 13.3 Å². The summed E-state index contributed by atoms with van der Waals surface area (Å²) in [4.78, 5) is 30.7. The molecule has 11 nitrogen and oxygen atoms in total. The number of unbranched alkanes of at least 4 members (excludes halogenated alkanes) is 2. The lowest BCUT2D eigenvalue weighted by molar-refractivity contribution is -0.870. The lowest BCUT2D eigenvalue weighted by atomic mass is 9.83. The van der Waals surface area contributed by atoms with Crippen molar-refractivity contribution in [1.82, 2.24) is 9.80 Å². The average Bonchev–Trinajstić information content (AvgIpc) is 3.70. The van der Waals surface area contributed by atoms with Crippen LogP contribution in [-0.2, 0) is 19.1 Å². The molecular weight excluding hydrogens is 542 g/mol. The zero-order valence-electron chi connectivity index (χ0n) is 26.0. The fourth-order valence-corrected chi connectivity index (χ4v) is 6.31. The summed E-state index contributed by atoms with van der Waals surface area (Å²) in [6.07, 6.45) is 4.71. The van der Waals surface area contributed by atoms with Gasteiger partial charge in [0.25, 0.3) is 0 Å². The van der Waals surface area contributed by atoms with E-state index in [4.69, 9.17) is 23.7 Å². The molecule has 0 aromatic heterocycles. The molecule has 1 aromatic rings. The minimum atomic E-state index is -0.881. The molecule has 42 heavy (non-hydrogen) atoms. The first-order valence-corrected chi connectivity index (χ1v) is 15.4. The smallest absolute Gasteiger partial charge is 0.308 e. The van der Waals surface area contributed by atoms with Gasteiger partial charge in [-0.25, -0.2) is 0 Å². The van der Waals surface area contributed by atoms with E-state index in [2.05, 4.69) is 33.0 Å². The Hall–Kier alpha value is -2.60. The van der Waals surface area contributed by atoms with Gasteiger partial charge in [-0.2, -0.15) is 0 Å². The van der Waals surface area contributed by atoms with Crippen molar-refractivity contribution in [1.29, 1.82) is 0 Å². The highest BCUT2D eigenvalue weighted by atomic mass is 16.7. The molecule has 0 bridgehead atoms. The third kappa shape index (κ3) is 8.27. The standard InChI is InChI=1S/C31H49N3O8/c1-6-7-12-32(13-8-9-14-34(2,3)4)27(35)20-33-19-23(22-17-25(38-5)30-26(18-22)41-21-42-30)29(31(36)37)24(33)10-11-28-39-15-16-40-28/h17-18,23-24,28-29H,6-16,19-21H2,1-5H3/p+1/t23-,24+,29?/m1/s1. The molecule has 0 saturated carbocycles. The Labute approximate surface area is 250 Å². The summed E-state index contributed by atoms with van der Waals surface area (Å²) in [6, 6.07) is 3.35. The van der Waals surface area contributed by atoms with Crippen molar-refractivity contribution >= 4 is 11.9 Å². The quantitative estimate of drug-likeness (QED) is 0.229. The number of likely N-dealkylation sites (tertiary alicyclic amines) is 1. The zero-order chi connectivity index (χ0) is 30.3. The number of hydrogen-bond donors (Lipinski definition) is 1. The second-order valence-electron chi connectivity index (χ2n) is 12.6. The molecule has 1 amide bonds. The maximum Gasteiger partial charge on any atom is 0.308 e. The van der Waals surface area contributed by atoms with Crippen LogP contribution in [0.3, 0.4) is 0 Å². The first-order chi connectivity index (χ1) is 20.1. The number of methoxy groups -OCH3 is 1. The minimum Gasteiger partial charge on any atom is -0.493 e. The number of rotatable bonds is 16. The molecule has 3 aliphatic heterocycles. The summed E-state index contributed by atoms with van der Waals surface area (Å²) in [6.45, 7) is 6.40. The molecule has 236 valence electrons. The molecule has 1 unspecified atom stereocenters. The van der Waals surface area contributed by atoms with Gasteiger partial charge in [0.15, 0.2) is 17.8 Å². The number of amides is 1. The lowest BCUT2D eigenvalue weighted by Gasteiger charge is -2.30. The molecule has 0 spiro atoms. The Bertz CT molecular complexity index is 1060. The van der Waals surface area contributed by atoms with Crippen LogP contribution in [0, 0.1) is 5.92 Å². The number of benzene rings is 1. The minimum absolute atomic E-state index is 0.0557. The Kier molecular flexibility index (Phi) is 11.3. The van der Waals surface area contributed by atoms with E-state index in [0.29, 0.717) is 62.9 Å². The fraction of sp³-hybridized carbons (Fsp3) is 0.742. The molecule has 0 aliphatic carbocycles. The van der Waals surface area contributed by atoms with E-state index in [9.17, 15) is 14.7 Å². The second kappa shape index (κ2) is 14.7. The molecule has 3 aliphatic rings. The van der Waals surface area contributed by atoms with Crippen molar-refractivity contribution in [2.45, 2.75) is 63.7 Å². The molecule has 0 radical (unpaired) electrons. The van der Waals surface area contributed by atoms with Crippen LogP contribution in [-0.4, -0.2) is 125 Å². The van der Waals surface area contributed by atoms with Gasteiger partial charge < -0.3 is 38.2 Å². The normalized spacial score (nSPS) is 22.5. The number of hydrogen-bond acceptors (Lipinski definition) is 8. The van der Waals surface area contributed by atoms with E-state index in [-0.39, 0.29) is 37.5 Å². The van der Waals surface area contributed by atoms with E-state index in [1.165, 1.54) is 0 Å². The van der Waals surface area contributed by atoms with E-state index in [1.54, 1.807) is 7.11 Å². The van der Waals surface area contributed by atoms with Crippen molar-refractivity contribution in [3.05, 3.63) is 17.7 Å². The molecule has 2 fully saturated rings. The highest BCUT2D eigenvalue weighted by Gasteiger charge is 2.48. The number of carboxylic acid groups (broad SMARTS) is 1. The van der Waals surface area contributed by atoms with E-state index in [0.717, 1.165) is 42.3 Å². The first-order valence-electron chi connectivity index (χ1n) is 15.4. The maximum atomic E-state index is 13.8. The van der Waals surface area contributed by atoms with Crippen LogP contribution in [0.1, 0.15) is 56.9 Å². The number of fused-ring (bicyclic) bond motifs is 1. The van der Waals surface area contributed by atoms with Gasteiger partial charge in [0, 0.05) is 31.6 Å². The molecular formula is C31H50N3O8+. The Balaban J connectivity index is 1.55. The van der Waals surface area contributed by atoms with Crippen LogP contribution in [0.5, 0.6) is 17.2 Å². The van der Waals surface area contributed by atoms with E-state index >= 15 is 0 Å². The van der Waals surface area contributed by atoms with Gasteiger partial charge in [0.1, 0.15) is 0 Å². The molecule has 3 heterocycles. The Morgan fingerprint density at radius 3 is 2.48 bits per heavy atom. The van der Waals surface area contributed by atoms with Crippen molar-refractivity contribution in [2.75, 3.05) is 81.0 Å². The van der Waals surface area contributed by atoms with E-state index in [1.807, 2.05) is 17.0 Å². The largest absolute Gasteiger partial charge is 0.493 e. The van der Waals surface area contributed by atoms with Crippen LogP contribution in [0.15, 0.2) is 12.1 Å². The second-order valence-corrected chi connectivity index (χ2v) is 12.6. The molecule has 3 atom stereocenters. The first kappa shape index (κ1) is 32.3. The van der Waals surface area contributed by atoms with Crippen molar-refractivity contribution in [2.24, 2.45) is 5.92 Å². The number of carboxylic acids is 1. The van der Waals surface area contributed by atoms with Crippen LogP contribution in [0.2, 0.25) is 0 Å². The number of carbonyl (C=O) groups is 2. The monoisotopic (exact) mass is 592 g/mol. The molecule has 4 rings (SSSR count). The summed E-state index contributed by atoms with van der Waals surface area (Å²) in [5.74, 6) is -0.314. The van der Waals surface area contributed by atoms with Crippen molar-refractivity contribution in [3.63, 3.8) is 0 Å². The third-order valence-corrected chi connectivity index (χ3v) is 8.51. The lowest BCUT2D eigenvalue weighted by Crippen LogP contribution is -2.45. The molecule has 1 N–H and O–H groups in total. The highest BCUT2D eigenvalue weighted by Crippen LogP contribution is 2.47. The molecule has 1 aromatic carbocycles. The summed E-state index contributed by atoms with van der Waals surface area (Å²) in [7, 11) is 8.10. The van der Waals surface area contributed by atoms with Crippen molar-refractivity contribution < 1.29 is 42.9 Å². The van der Waals surface area contributed by atoms with Gasteiger partial charge in [-0.3, -0.25) is 14.5 Å². The predicted octanol–water partition coefficient (Wildman–Crippen LogP) is 3.16. The number of carbonyl (C=O) groups excluding carboxylic acids is 1. The maximum absolute atomic E-state index is 13.8. The summed E-state index contributed by atoms with van der Waals surface area (Å²) in [5.41, 5.74) is 0.806. The summed E-state index contributed by atoms with van der Waals surface area (Å²) in [5, 5.41) is 10.5. The highest BCUT2D eigenvalue weighted by molar-refractivity contribution is 5.79. The summed E-state index contributed by atoms with van der Waals surface area (Å²) >= 11 is 0. The predicted molar refractivity (Wildman–Crippen MR) is 157 cm³/mol. The van der Waals surface area contributed by atoms with Crippen LogP contribution in [0.4, 0.5) is 0 Å². The SMILES string of the molecule is CCCCN(CCCC[N+](C)(C)C)C(=O)CN1C[C@H](c2cc(OC)c3c(c2)OCO3)C(C(=O)O)[C@@H]1CCC1OCCO1. The molecule has 2 saturated heterocycles. The number of quaternary nitrogens is 1. The third-order valence-electron chi connectivity index (χ3n) is 8.51. The fourth-order valence-electron chi connectivity index (χ4n) is 6.31. The Morgan fingerprint density at radius 1 is 1.07 bits per heavy atom. The summed E-state index contributed by atoms with van der Waals surface area (Å²) < 4.78 is 29.0. The van der Waals surface area contributed by atoms with Crippen molar-refractivity contribution in [3.8, 4) is 17.2 Å². The van der Waals surface area contributed by atoms with Gasteiger partial charge >= 0.3 is 5.97 Å². The van der Waals surface area contributed by atoms with Gasteiger partial charge in [0.2, 0.25) is 18.4 Å². The average molecular weight is 593 g/mol. The number of ether oxygens (including phenoxy) is 5. The molecule has 11 heteroatoms. The van der Waals surface area contributed by atoms with Crippen LogP contribution >= 0.6 is 0 Å². The van der Waals surface area contributed by atoms with Gasteiger partial charge in [0.05, 0.1) is 60.5 Å². The number of nitrogens with zero attached hydrogens (tertiary/aromatic N) is 3. The topological polar surface area (TPSA) is 107 Å². The van der Waals surface area contributed by atoms with Gasteiger partial charge in [-0.15, -0.1) is 0 Å². The van der Waals surface area contributed by atoms with Crippen LogP contribution < -0.4 is 14.2 Å². The Morgan fingerprint density at radius 2 is 1.81 bits per heavy atom. The van der Waals surface area contributed by atoms with Gasteiger partial charge in [-0.05, 0) is 49.8 Å².